The predicted molar refractivity (Wildman–Crippen MR) is 75.9 cm³/mol. The van der Waals surface area contributed by atoms with E-state index in [9.17, 15) is 4.79 Å². The number of nitrogens with zero attached hydrogens (tertiary/aromatic N) is 3. The lowest BCUT2D eigenvalue weighted by atomic mass is 10.2. The molecule has 0 aliphatic heterocycles. The molecule has 0 bridgehead atoms. The van der Waals surface area contributed by atoms with E-state index in [0.29, 0.717) is 5.95 Å². The van der Waals surface area contributed by atoms with Crippen molar-refractivity contribution in [3.63, 3.8) is 0 Å². The van der Waals surface area contributed by atoms with E-state index in [1.807, 2.05) is 24.3 Å². The molecule has 6 nitrogen and oxygen atoms in total. The highest BCUT2D eigenvalue weighted by atomic mass is 16.1. The van der Waals surface area contributed by atoms with E-state index in [0.717, 1.165) is 25.0 Å². The first-order valence-electron chi connectivity index (χ1n) is 6.27. The molecule has 0 saturated heterocycles. The van der Waals surface area contributed by atoms with Gasteiger partial charge >= 0.3 is 0 Å². The quantitative estimate of drug-likeness (QED) is 0.855. The third-order valence-electron chi connectivity index (χ3n) is 2.83. The molecular weight excluding hydrogens is 242 g/mol. The molecule has 0 aliphatic rings. The van der Waals surface area contributed by atoms with Crippen LogP contribution >= 0.6 is 0 Å². The molecule has 0 saturated carbocycles. The van der Waals surface area contributed by atoms with Gasteiger partial charge in [0, 0.05) is 24.5 Å². The van der Waals surface area contributed by atoms with E-state index < -0.39 is 0 Å². The molecule has 1 aromatic carbocycles. The minimum Gasteiger partial charge on any atom is -0.372 e. The molecule has 19 heavy (non-hydrogen) atoms. The average molecular weight is 259 g/mol. The number of rotatable bonds is 5. The Morgan fingerprint density at radius 2 is 1.89 bits per heavy atom. The van der Waals surface area contributed by atoms with Crippen LogP contribution in [0.1, 0.15) is 13.8 Å². The second-order valence-corrected chi connectivity index (χ2v) is 4.03. The fourth-order valence-electron chi connectivity index (χ4n) is 1.85. The Labute approximate surface area is 111 Å². The fourth-order valence-corrected chi connectivity index (χ4v) is 1.85. The summed E-state index contributed by atoms with van der Waals surface area (Å²) in [6.07, 6.45) is 1.13. The summed E-state index contributed by atoms with van der Waals surface area (Å²) < 4.78 is 0. The Balaban J connectivity index is 2.12. The van der Waals surface area contributed by atoms with E-state index in [2.05, 4.69) is 39.2 Å². The Hall–Kier alpha value is -2.37. The SMILES string of the molecule is CCN(CC)c1ccc(Nc2nncc(=O)[nH]2)cc1. The van der Waals surface area contributed by atoms with E-state index in [-0.39, 0.29) is 5.56 Å². The molecule has 0 radical (unpaired) electrons. The first-order valence-corrected chi connectivity index (χ1v) is 6.27. The molecule has 6 heteroatoms. The van der Waals surface area contributed by atoms with Gasteiger partial charge in [-0.3, -0.25) is 9.78 Å². The van der Waals surface area contributed by atoms with Crippen molar-refractivity contribution in [3.8, 4) is 0 Å². The van der Waals surface area contributed by atoms with E-state index >= 15 is 0 Å². The molecule has 100 valence electrons. The minimum atomic E-state index is -0.280. The van der Waals surface area contributed by atoms with Crippen molar-refractivity contribution in [3.05, 3.63) is 40.8 Å². The van der Waals surface area contributed by atoms with Crippen molar-refractivity contribution in [2.24, 2.45) is 0 Å². The number of hydrogen-bond donors (Lipinski definition) is 2. The van der Waals surface area contributed by atoms with Crippen molar-refractivity contribution in [1.82, 2.24) is 15.2 Å². The summed E-state index contributed by atoms with van der Waals surface area (Å²) in [5.74, 6) is 0.336. The van der Waals surface area contributed by atoms with Gasteiger partial charge in [0.1, 0.15) is 6.20 Å². The Kier molecular flexibility index (Phi) is 4.12. The third-order valence-corrected chi connectivity index (χ3v) is 2.83. The molecule has 2 N–H and O–H groups in total. The van der Waals surface area contributed by atoms with Gasteiger partial charge in [-0.15, -0.1) is 10.2 Å². The van der Waals surface area contributed by atoms with Crippen LogP contribution in [-0.4, -0.2) is 28.3 Å². The van der Waals surface area contributed by atoms with E-state index in [4.69, 9.17) is 0 Å². The number of hydrogen-bond acceptors (Lipinski definition) is 5. The zero-order valence-electron chi connectivity index (χ0n) is 11.1. The number of aromatic nitrogens is 3. The maximum atomic E-state index is 11.1. The van der Waals surface area contributed by atoms with Crippen LogP contribution in [0.25, 0.3) is 0 Å². The average Bonchev–Trinajstić information content (AvgIpc) is 2.42. The summed E-state index contributed by atoms with van der Waals surface area (Å²) in [6, 6.07) is 7.95. The van der Waals surface area contributed by atoms with Gasteiger partial charge in [0.05, 0.1) is 0 Å². The predicted octanol–water partition coefficient (Wildman–Crippen LogP) is 1.75. The van der Waals surface area contributed by atoms with Crippen molar-refractivity contribution in [1.29, 1.82) is 0 Å². The van der Waals surface area contributed by atoms with Gasteiger partial charge in [0.2, 0.25) is 5.95 Å². The number of H-pyrrole nitrogens is 1. The molecule has 0 unspecified atom stereocenters. The van der Waals surface area contributed by atoms with Gasteiger partial charge in [0.25, 0.3) is 5.56 Å². The molecule has 0 spiro atoms. The smallest absolute Gasteiger partial charge is 0.271 e. The van der Waals surface area contributed by atoms with Gasteiger partial charge in [-0.2, -0.15) is 0 Å². The minimum absolute atomic E-state index is 0.280. The van der Waals surface area contributed by atoms with Gasteiger partial charge < -0.3 is 10.2 Å². The molecular formula is C13H17N5O. The molecule has 1 heterocycles. The number of aromatic amines is 1. The Bertz CT molecular complexity index is 574. The number of benzene rings is 1. The molecule has 2 rings (SSSR count). The van der Waals surface area contributed by atoms with Crippen LogP contribution in [-0.2, 0) is 0 Å². The molecule has 0 aliphatic carbocycles. The highest BCUT2D eigenvalue weighted by molar-refractivity contribution is 5.58. The van der Waals surface area contributed by atoms with Gasteiger partial charge in [-0.05, 0) is 38.1 Å². The van der Waals surface area contributed by atoms with Gasteiger partial charge in [-0.1, -0.05) is 0 Å². The van der Waals surface area contributed by atoms with Gasteiger partial charge in [0.15, 0.2) is 0 Å². The van der Waals surface area contributed by atoms with Gasteiger partial charge in [-0.25, -0.2) is 0 Å². The van der Waals surface area contributed by atoms with Crippen molar-refractivity contribution in [2.45, 2.75) is 13.8 Å². The van der Waals surface area contributed by atoms with Crippen molar-refractivity contribution < 1.29 is 0 Å². The molecule has 0 amide bonds. The summed E-state index contributed by atoms with van der Waals surface area (Å²) >= 11 is 0. The monoisotopic (exact) mass is 259 g/mol. The fraction of sp³-hybridized carbons (Fsp3) is 0.308. The zero-order valence-corrected chi connectivity index (χ0v) is 11.1. The standard InChI is InChI=1S/C13H17N5O/c1-3-18(4-2)11-7-5-10(6-8-11)15-13-16-12(19)9-14-17-13/h5-9H,3-4H2,1-2H3,(H2,15,16,17,19). The largest absolute Gasteiger partial charge is 0.372 e. The summed E-state index contributed by atoms with van der Waals surface area (Å²) in [7, 11) is 0. The van der Waals surface area contributed by atoms with Crippen LogP contribution in [0.15, 0.2) is 35.3 Å². The Morgan fingerprint density at radius 3 is 2.47 bits per heavy atom. The van der Waals surface area contributed by atoms with Crippen LogP contribution in [0.3, 0.4) is 0 Å². The summed E-state index contributed by atoms with van der Waals surface area (Å²) in [5, 5.41) is 10.4. The van der Waals surface area contributed by atoms with Crippen LogP contribution < -0.4 is 15.8 Å². The summed E-state index contributed by atoms with van der Waals surface area (Å²) in [4.78, 5) is 15.9. The maximum absolute atomic E-state index is 11.1. The summed E-state index contributed by atoms with van der Waals surface area (Å²) in [6.45, 7) is 6.20. The number of anilines is 3. The first kappa shape index (κ1) is 13.1. The third kappa shape index (κ3) is 3.31. The van der Waals surface area contributed by atoms with E-state index in [1.54, 1.807) is 0 Å². The van der Waals surface area contributed by atoms with Crippen molar-refractivity contribution in [2.75, 3.05) is 23.3 Å². The van der Waals surface area contributed by atoms with Crippen LogP contribution in [0.2, 0.25) is 0 Å². The number of nitrogens with one attached hydrogen (secondary N) is 2. The normalized spacial score (nSPS) is 10.2. The first-order chi connectivity index (χ1) is 9.22. The topological polar surface area (TPSA) is 73.9 Å². The second-order valence-electron chi connectivity index (χ2n) is 4.03. The van der Waals surface area contributed by atoms with Crippen molar-refractivity contribution >= 4 is 17.3 Å². The molecule has 2 aromatic rings. The van der Waals surface area contributed by atoms with Crippen LogP contribution in [0.5, 0.6) is 0 Å². The summed E-state index contributed by atoms with van der Waals surface area (Å²) in [5.41, 5.74) is 1.74. The maximum Gasteiger partial charge on any atom is 0.271 e. The molecule has 1 aromatic heterocycles. The second kappa shape index (κ2) is 5.99. The van der Waals surface area contributed by atoms with E-state index in [1.165, 1.54) is 5.69 Å². The van der Waals surface area contributed by atoms with Crippen LogP contribution in [0.4, 0.5) is 17.3 Å². The lowest BCUT2D eigenvalue weighted by molar-refractivity contribution is 0.866. The Morgan fingerprint density at radius 1 is 1.21 bits per heavy atom. The highest BCUT2D eigenvalue weighted by Gasteiger charge is 2.02. The zero-order chi connectivity index (χ0) is 13.7. The lowest BCUT2D eigenvalue weighted by Gasteiger charge is -2.21. The molecule has 0 fully saturated rings. The lowest BCUT2D eigenvalue weighted by Crippen LogP contribution is -2.21. The molecule has 0 atom stereocenters. The highest BCUT2D eigenvalue weighted by Crippen LogP contribution is 2.18. The van der Waals surface area contributed by atoms with Crippen LogP contribution in [0, 0.1) is 0 Å².